The molecule has 1 aromatic heterocycles. The molecule has 4 heteroatoms. The average molecular weight is 388 g/mol. The Kier molecular flexibility index (Phi) is 3.19. The van der Waals surface area contributed by atoms with Gasteiger partial charge in [-0.3, -0.25) is 0 Å². The monoisotopic (exact) mass is 388 g/mol. The van der Waals surface area contributed by atoms with Crippen molar-refractivity contribution in [3.8, 4) is 0 Å². The van der Waals surface area contributed by atoms with E-state index in [4.69, 9.17) is 0 Å². The molecule has 0 fully saturated rings. The molecule has 3 aromatic rings. The molecule has 30 heavy (non-hydrogen) atoms. The molecule has 4 aliphatic rings. The van der Waals surface area contributed by atoms with Crippen molar-refractivity contribution in [2.45, 2.75) is 18.5 Å². The molecule has 144 valence electrons. The van der Waals surface area contributed by atoms with E-state index in [0.717, 1.165) is 12.1 Å². The second kappa shape index (κ2) is 5.92. The van der Waals surface area contributed by atoms with Crippen LogP contribution in [0.2, 0.25) is 0 Å². The van der Waals surface area contributed by atoms with Crippen molar-refractivity contribution in [3.05, 3.63) is 108 Å². The maximum atomic E-state index is 4.31. The smallest absolute Gasteiger partial charge is 0.115 e. The van der Waals surface area contributed by atoms with Crippen molar-refractivity contribution in [1.29, 1.82) is 0 Å². The highest BCUT2D eigenvalue weighted by Crippen LogP contribution is 2.56. The van der Waals surface area contributed by atoms with Crippen molar-refractivity contribution in [2.24, 2.45) is 5.92 Å². The van der Waals surface area contributed by atoms with Crippen LogP contribution in [0.25, 0.3) is 11.8 Å². The highest BCUT2D eigenvalue weighted by Gasteiger charge is 2.45. The van der Waals surface area contributed by atoms with Gasteiger partial charge in [-0.15, -0.1) is 0 Å². The van der Waals surface area contributed by atoms with Gasteiger partial charge in [0, 0.05) is 29.1 Å². The van der Waals surface area contributed by atoms with E-state index in [1.165, 1.54) is 33.6 Å². The zero-order valence-electron chi connectivity index (χ0n) is 16.4. The van der Waals surface area contributed by atoms with Crippen molar-refractivity contribution in [3.63, 3.8) is 0 Å². The van der Waals surface area contributed by atoms with E-state index in [9.17, 15) is 0 Å². The third-order valence-electron chi connectivity index (χ3n) is 6.81. The lowest BCUT2D eigenvalue weighted by atomic mass is 9.80. The van der Waals surface area contributed by atoms with Crippen LogP contribution in [0.4, 0.5) is 11.4 Å². The van der Waals surface area contributed by atoms with E-state index in [2.05, 4.69) is 92.7 Å². The molecule has 0 amide bonds. The molecule has 0 saturated heterocycles. The van der Waals surface area contributed by atoms with Crippen molar-refractivity contribution < 1.29 is 0 Å². The van der Waals surface area contributed by atoms with Gasteiger partial charge in [0.15, 0.2) is 0 Å². The third kappa shape index (κ3) is 2.05. The molecular formula is C26H20N4. The molecule has 0 bridgehead atoms. The van der Waals surface area contributed by atoms with Gasteiger partial charge in [-0.1, -0.05) is 54.6 Å². The number of fused-ring (bicyclic) bond motifs is 2. The van der Waals surface area contributed by atoms with Crippen molar-refractivity contribution in [1.82, 2.24) is 9.97 Å². The number of hydrogen-bond acceptors (Lipinski definition) is 4. The zero-order valence-corrected chi connectivity index (χ0v) is 16.4. The number of nitrogens with zero attached hydrogens (tertiary/aromatic N) is 4. The second-order valence-electron chi connectivity index (χ2n) is 8.31. The fourth-order valence-corrected chi connectivity index (χ4v) is 5.66. The van der Waals surface area contributed by atoms with Gasteiger partial charge in [-0.2, -0.15) is 0 Å². The molecule has 0 spiro atoms. The fraction of sp³-hybridized carbons (Fsp3) is 0.154. The number of rotatable bonds is 2. The van der Waals surface area contributed by atoms with E-state index >= 15 is 0 Å². The maximum Gasteiger partial charge on any atom is 0.115 e. The molecule has 7 rings (SSSR count). The van der Waals surface area contributed by atoms with Crippen LogP contribution in [0.1, 0.15) is 40.8 Å². The molecule has 3 heterocycles. The van der Waals surface area contributed by atoms with E-state index in [0.29, 0.717) is 18.0 Å². The van der Waals surface area contributed by atoms with Crippen LogP contribution >= 0.6 is 0 Å². The Morgan fingerprint density at radius 1 is 0.933 bits per heavy atom. The highest BCUT2D eigenvalue weighted by molar-refractivity contribution is 5.92. The molecular weight excluding hydrogens is 368 g/mol. The SMILES string of the molecule is C1=Cc2ccc3c4c2C(C1)N(c1cncnc1)C4=CC1C=CN(c2ccccc2)C31. The summed E-state index contributed by atoms with van der Waals surface area (Å²) in [6.07, 6.45) is 18.1. The van der Waals surface area contributed by atoms with Crippen molar-refractivity contribution in [2.75, 3.05) is 9.80 Å². The van der Waals surface area contributed by atoms with Gasteiger partial charge in [0.25, 0.3) is 0 Å². The quantitative estimate of drug-likeness (QED) is 0.580. The van der Waals surface area contributed by atoms with Gasteiger partial charge < -0.3 is 9.80 Å². The summed E-state index contributed by atoms with van der Waals surface area (Å²) in [5.74, 6) is 0.339. The highest BCUT2D eigenvalue weighted by atomic mass is 15.2. The molecule has 2 aromatic carbocycles. The van der Waals surface area contributed by atoms with Crippen LogP contribution in [0.5, 0.6) is 0 Å². The van der Waals surface area contributed by atoms with Gasteiger partial charge in [-0.05, 0) is 35.2 Å². The standard InChI is InChI=1S/C26H20N4/c1-2-6-19(7-3-1)29-12-11-18-13-23-25-21(26(18)29)10-9-17-5-4-8-22(24(17)25)30(23)20-14-27-16-28-15-20/h1-7,9-16,18,22,26H,8H2. The molecule has 3 unspecified atom stereocenters. The van der Waals surface area contributed by atoms with Crippen LogP contribution in [0.3, 0.4) is 0 Å². The Balaban J connectivity index is 1.45. The number of aromatic nitrogens is 2. The van der Waals surface area contributed by atoms with Crippen LogP contribution in [-0.2, 0) is 0 Å². The van der Waals surface area contributed by atoms with Gasteiger partial charge >= 0.3 is 0 Å². The Bertz CT molecular complexity index is 1240. The lowest BCUT2D eigenvalue weighted by molar-refractivity contribution is 0.625. The predicted molar refractivity (Wildman–Crippen MR) is 120 cm³/mol. The minimum absolute atomic E-state index is 0.301. The average Bonchev–Trinajstić information content (AvgIpc) is 3.38. The summed E-state index contributed by atoms with van der Waals surface area (Å²) in [6, 6.07) is 16.0. The summed E-state index contributed by atoms with van der Waals surface area (Å²) in [5.41, 5.74) is 9.25. The number of para-hydroxylation sites is 1. The van der Waals surface area contributed by atoms with E-state index in [-0.39, 0.29) is 0 Å². The summed E-state index contributed by atoms with van der Waals surface area (Å²) in [6.45, 7) is 0. The summed E-state index contributed by atoms with van der Waals surface area (Å²) in [7, 11) is 0. The first kappa shape index (κ1) is 16.2. The molecule has 0 N–H and O–H groups in total. The zero-order chi connectivity index (χ0) is 19.7. The van der Waals surface area contributed by atoms with Gasteiger partial charge in [0.1, 0.15) is 6.33 Å². The first-order chi connectivity index (χ1) is 14.9. The maximum absolute atomic E-state index is 4.31. The van der Waals surface area contributed by atoms with Gasteiger partial charge in [-0.25, -0.2) is 9.97 Å². The summed E-state index contributed by atoms with van der Waals surface area (Å²) in [5, 5.41) is 0. The lowest BCUT2D eigenvalue weighted by Gasteiger charge is -2.35. The molecule has 2 aliphatic carbocycles. The molecule has 2 aliphatic heterocycles. The summed E-state index contributed by atoms with van der Waals surface area (Å²) in [4.78, 5) is 13.5. The topological polar surface area (TPSA) is 32.3 Å². The summed E-state index contributed by atoms with van der Waals surface area (Å²) >= 11 is 0. The normalized spacial score (nSPS) is 24.7. The molecule has 0 radical (unpaired) electrons. The molecule has 0 saturated carbocycles. The Hall–Kier alpha value is -3.66. The molecule has 4 nitrogen and oxygen atoms in total. The minimum atomic E-state index is 0.301. The Labute approximate surface area is 175 Å². The Morgan fingerprint density at radius 2 is 1.80 bits per heavy atom. The van der Waals surface area contributed by atoms with E-state index in [1.807, 2.05) is 12.4 Å². The fourth-order valence-electron chi connectivity index (χ4n) is 5.66. The van der Waals surface area contributed by atoms with E-state index < -0.39 is 0 Å². The van der Waals surface area contributed by atoms with Crippen LogP contribution in [-0.4, -0.2) is 9.97 Å². The lowest BCUT2D eigenvalue weighted by Crippen LogP contribution is -2.28. The molecule has 3 atom stereocenters. The van der Waals surface area contributed by atoms with Crippen LogP contribution < -0.4 is 9.80 Å². The third-order valence-corrected chi connectivity index (χ3v) is 6.81. The van der Waals surface area contributed by atoms with Crippen molar-refractivity contribution >= 4 is 23.1 Å². The largest absolute Gasteiger partial charge is 0.340 e. The van der Waals surface area contributed by atoms with Gasteiger partial charge in [0.05, 0.1) is 30.2 Å². The number of benzene rings is 2. The van der Waals surface area contributed by atoms with Crippen LogP contribution in [0, 0.1) is 5.92 Å². The van der Waals surface area contributed by atoms with Crippen LogP contribution in [0.15, 0.2) is 85.6 Å². The van der Waals surface area contributed by atoms with Gasteiger partial charge in [0.2, 0.25) is 0 Å². The second-order valence-corrected chi connectivity index (χ2v) is 8.31. The number of hydrogen-bond donors (Lipinski definition) is 0. The summed E-state index contributed by atoms with van der Waals surface area (Å²) < 4.78 is 0. The number of anilines is 2. The first-order valence-electron chi connectivity index (χ1n) is 10.5. The first-order valence-corrected chi connectivity index (χ1v) is 10.5. The minimum Gasteiger partial charge on any atom is -0.340 e. The Morgan fingerprint density at radius 3 is 2.67 bits per heavy atom. The predicted octanol–water partition coefficient (Wildman–Crippen LogP) is 5.50. The van der Waals surface area contributed by atoms with E-state index in [1.54, 1.807) is 6.33 Å².